The number of aryl methyl sites for hydroxylation is 2. The van der Waals surface area contributed by atoms with Crippen LogP contribution in [-0.4, -0.2) is 52.0 Å². The normalized spacial score (nSPS) is 13.6. The number of aliphatic hydroxyl groups excluding tert-OH is 1. The molecule has 2 heterocycles. The number of carbonyl (C=O) groups is 2. The third-order valence-corrected chi connectivity index (χ3v) is 5.23. The lowest BCUT2D eigenvalue weighted by molar-refractivity contribution is -0.135. The maximum Gasteiger partial charge on any atom is 0.263 e. The Hall–Kier alpha value is -3.07. The molecule has 0 radical (unpaired) electrons. The van der Waals surface area contributed by atoms with Crippen LogP contribution in [0.2, 0.25) is 0 Å². The highest BCUT2D eigenvalue weighted by Crippen LogP contribution is 2.21. The molecule has 1 aliphatic heterocycles. The van der Waals surface area contributed by atoms with E-state index in [1.54, 1.807) is 6.20 Å². The summed E-state index contributed by atoms with van der Waals surface area (Å²) in [6.07, 6.45) is 2.37. The molecule has 0 saturated carbocycles. The lowest BCUT2D eigenvalue weighted by Gasteiger charge is -2.30. The van der Waals surface area contributed by atoms with Gasteiger partial charge in [-0.05, 0) is 29.5 Å². The van der Waals surface area contributed by atoms with Crippen LogP contribution in [0.1, 0.15) is 34.0 Å². The van der Waals surface area contributed by atoms with Crippen LogP contribution < -0.4 is 10.9 Å². The van der Waals surface area contributed by atoms with E-state index in [9.17, 15) is 23.2 Å². The SMILES string of the molecule is CC(F)(F)CNC(=O)c1c2c(cn(CCc3ccccc3)c1=O)CN(C(=O)CO)CC2. The number of alkyl halides is 2. The molecule has 1 aliphatic rings. The Bertz CT molecular complexity index is 1020. The maximum atomic E-state index is 13.2. The molecule has 0 unspecified atom stereocenters. The maximum absolute atomic E-state index is 13.2. The van der Waals surface area contributed by atoms with E-state index in [4.69, 9.17) is 5.11 Å². The number of pyridine rings is 1. The molecule has 0 saturated heterocycles. The second kappa shape index (κ2) is 9.38. The number of aliphatic hydroxyl groups is 1. The van der Waals surface area contributed by atoms with Crippen LogP contribution in [0.3, 0.4) is 0 Å². The van der Waals surface area contributed by atoms with Gasteiger partial charge in [-0.1, -0.05) is 30.3 Å². The molecule has 166 valence electrons. The molecule has 2 aromatic rings. The number of halogens is 2. The van der Waals surface area contributed by atoms with E-state index in [1.165, 1.54) is 9.47 Å². The van der Waals surface area contributed by atoms with Gasteiger partial charge in [-0.3, -0.25) is 14.4 Å². The fourth-order valence-electron chi connectivity index (χ4n) is 3.64. The summed E-state index contributed by atoms with van der Waals surface area (Å²) < 4.78 is 27.9. The topological polar surface area (TPSA) is 91.6 Å². The number of aromatic nitrogens is 1. The van der Waals surface area contributed by atoms with Crippen molar-refractivity contribution in [3.63, 3.8) is 0 Å². The predicted molar refractivity (Wildman–Crippen MR) is 110 cm³/mol. The first-order valence-corrected chi connectivity index (χ1v) is 10.0. The highest BCUT2D eigenvalue weighted by atomic mass is 19.3. The lowest BCUT2D eigenvalue weighted by Crippen LogP contribution is -2.43. The summed E-state index contributed by atoms with van der Waals surface area (Å²) in [6, 6.07) is 9.48. The van der Waals surface area contributed by atoms with Gasteiger partial charge in [0.15, 0.2) is 0 Å². The summed E-state index contributed by atoms with van der Waals surface area (Å²) in [4.78, 5) is 39.2. The molecular formula is C22H25F2N3O4. The minimum Gasteiger partial charge on any atom is -0.387 e. The van der Waals surface area contributed by atoms with Crippen molar-refractivity contribution in [1.82, 2.24) is 14.8 Å². The molecule has 2 N–H and O–H groups in total. The van der Waals surface area contributed by atoms with Crippen molar-refractivity contribution in [3.8, 4) is 0 Å². The molecule has 7 nitrogen and oxygen atoms in total. The number of nitrogens with zero attached hydrogens (tertiary/aromatic N) is 2. The van der Waals surface area contributed by atoms with E-state index in [1.807, 2.05) is 30.3 Å². The Labute approximate surface area is 178 Å². The zero-order valence-electron chi connectivity index (χ0n) is 17.2. The molecule has 1 aromatic heterocycles. The zero-order valence-corrected chi connectivity index (χ0v) is 17.2. The number of nitrogens with one attached hydrogen (secondary N) is 1. The van der Waals surface area contributed by atoms with Crippen molar-refractivity contribution >= 4 is 11.8 Å². The number of hydrogen-bond donors (Lipinski definition) is 2. The Balaban J connectivity index is 1.96. The largest absolute Gasteiger partial charge is 0.387 e. The van der Waals surface area contributed by atoms with Gasteiger partial charge in [-0.25, -0.2) is 8.78 Å². The second-order valence-corrected chi connectivity index (χ2v) is 7.72. The molecule has 2 amide bonds. The van der Waals surface area contributed by atoms with Gasteiger partial charge in [0.05, 0.1) is 6.54 Å². The van der Waals surface area contributed by atoms with Crippen LogP contribution in [-0.2, 0) is 30.7 Å². The first-order valence-electron chi connectivity index (χ1n) is 10.0. The van der Waals surface area contributed by atoms with Crippen LogP contribution in [0, 0.1) is 0 Å². The molecular weight excluding hydrogens is 408 g/mol. The van der Waals surface area contributed by atoms with Gasteiger partial charge in [0, 0.05) is 32.8 Å². The predicted octanol–water partition coefficient (Wildman–Crippen LogP) is 1.35. The number of fused-ring (bicyclic) bond motifs is 1. The van der Waals surface area contributed by atoms with E-state index >= 15 is 0 Å². The van der Waals surface area contributed by atoms with Gasteiger partial charge >= 0.3 is 0 Å². The van der Waals surface area contributed by atoms with Crippen LogP contribution >= 0.6 is 0 Å². The van der Waals surface area contributed by atoms with Gasteiger partial charge in [0.1, 0.15) is 12.2 Å². The highest BCUT2D eigenvalue weighted by molar-refractivity contribution is 5.95. The summed E-state index contributed by atoms with van der Waals surface area (Å²) in [6.45, 7) is -0.191. The monoisotopic (exact) mass is 433 g/mol. The molecule has 31 heavy (non-hydrogen) atoms. The summed E-state index contributed by atoms with van der Waals surface area (Å²) in [7, 11) is 0. The molecule has 0 atom stereocenters. The number of rotatable bonds is 7. The summed E-state index contributed by atoms with van der Waals surface area (Å²) in [5.41, 5.74) is 1.34. The second-order valence-electron chi connectivity index (χ2n) is 7.72. The highest BCUT2D eigenvalue weighted by Gasteiger charge is 2.29. The fraction of sp³-hybridized carbons (Fsp3) is 0.409. The van der Waals surface area contributed by atoms with Crippen LogP contribution in [0.4, 0.5) is 8.78 Å². The number of hydrogen-bond acceptors (Lipinski definition) is 4. The van der Waals surface area contributed by atoms with Crippen LogP contribution in [0.15, 0.2) is 41.3 Å². The van der Waals surface area contributed by atoms with Crippen molar-refractivity contribution in [1.29, 1.82) is 0 Å². The molecule has 3 rings (SSSR count). The smallest absolute Gasteiger partial charge is 0.263 e. The van der Waals surface area contributed by atoms with Gasteiger partial charge < -0.3 is 19.9 Å². The van der Waals surface area contributed by atoms with E-state index in [-0.39, 0.29) is 31.6 Å². The zero-order chi connectivity index (χ0) is 22.6. The third kappa shape index (κ3) is 5.55. The fourth-order valence-corrected chi connectivity index (χ4v) is 3.64. The van der Waals surface area contributed by atoms with E-state index in [2.05, 4.69) is 5.32 Å². The van der Waals surface area contributed by atoms with Crippen molar-refractivity contribution in [2.75, 3.05) is 19.7 Å². The summed E-state index contributed by atoms with van der Waals surface area (Å²) >= 11 is 0. The molecule has 9 heteroatoms. The molecule has 0 spiro atoms. The van der Waals surface area contributed by atoms with Gasteiger partial charge in [-0.2, -0.15) is 0 Å². The Morgan fingerprint density at radius 1 is 1.23 bits per heavy atom. The summed E-state index contributed by atoms with van der Waals surface area (Å²) in [5.74, 6) is -4.41. The lowest BCUT2D eigenvalue weighted by atomic mass is 9.95. The van der Waals surface area contributed by atoms with E-state index in [0.717, 1.165) is 5.56 Å². The van der Waals surface area contributed by atoms with Gasteiger partial charge in [0.25, 0.3) is 17.4 Å². The number of benzene rings is 1. The van der Waals surface area contributed by atoms with E-state index < -0.39 is 36.4 Å². The standard InChI is InChI=1S/C22H25F2N3O4/c1-22(23,24)14-25-20(30)19-17-8-10-26(18(29)13-28)11-16(17)12-27(21(19)31)9-7-15-5-3-2-4-6-15/h2-6,12,28H,7-11,13-14H2,1H3,(H,25,30). The van der Waals surface area contributed by atoms with Crippen LogP contribution in [0.5, 0.6) is 0 Å². The Morgan fingerprint density at radius 2 is 1.94 bits per heavy atom. The van der Waals surface area contributed by atoms with Crippen molar-refractivity contribution < 1.29 is 23.5 Å². The minimum absolute atomic E-state index is 0.130. The molecule has 0 bridgehead atoms. The Kier molecular flexibility index (Phi) is 6.84. The molecule has 1 aromatic carbocycles. The molecule has 0 aliphatic carbocycles. The van der Waals surface area contributed by atoms with E-state index in [0.29, 0.717) is 24.5 Å². The van der Waals surface area contributed by atoms with Crippen molar-refractivity contribution in [2.45, 2.75) is 38.8 Å². The molecule has 0 fully saturated rings. The number of carbonyl (C=O) groups excluding carboxylic acids is 2. The minimum atomic E-state index is -3.11. The quantitative estimate of drug-likeness (QED) is 0.690. The van der Waals surface area contributed by atoms with Gasteiger partial charge in [-0.15, -0.1) is 0 Å². The number of amides is 2. The first kappa shape index (κ1) is 22.6. The first-order chi connectivity index (χ1) is 14.7. The Morgan fingerprint density at radius 3 is 2.58 bits per heavy atom. The summed E-state index contributed by atoms with van der Waals surface area (Å²) in [5, 5.41) is 11.3. The van der Waals surface area contributed by atoms with Gasteiger partial charge in [0.2, 0.25) is 5.91 Å². The van der Waals surface area contributed by atoms with Crippen LogP contribution in [0.25, 0.3) is 0 Å². The third-order valence-electron chi connectivity index (χ3n) is 5.23. The average molecular weight is 433 g/mol. The van der Waals surface area contributed by atoms with Crippen molar-refractivity contribution in [3.05, 3.63) is 69.1 Å². The van der Waals surface area contributed by atoms with Crippen molar-refractivity contribution in [2.24, 2.45) is 0 Å². The average Bonchev–Trinajstić information content (AvgIpc) is 2.75.